The fourth-order valence-corrected chi connectivity index (χ4v) is 2.91. The summed E-state index contributed by atoms with van der Waals surface area (Å²) < 4.78 is 18.4. The molecule has 1 amide bonds. The predicted molar refractivity (Wildman–Crippen MR) is 89.6 cm³/mol. The second kappa shape index (κ2) is 8.52. The molecule has 24 heavy (non-hydrogen) atoms. The molecule has 2 rings (SSSR count). The molecular weight excluding hydrogens is 313 g/mol. The minimum absolute atomic E-state index is 0.100. The first-order chi connectivity index (χ1) is 11.6. The minimum Gasteiger partial charge on any atom is -0.376 e. The summed E-state index contributed by atoms with van der Waals surface area (Å²) in [5, 5.41) is 3.46. The molecule has 7 nitrogen and oxygen atoms in total. The van der Waals surface area contributed by atoms with E-state index in [2.05, 4.69) is 14.9 Å². The van der Waals surface area contributed by atoms with Crippen molar-refractivity contribution >= 4 is 11.6 Å². The average molecular weight is 335 g/mol. The third kappa shape index (κ3) is 4.15. The summed E-state index contributed by atoms with van der Waals surface area (Å²) in [6.45, 7) is 3.77. The van der Waals surface area contributed by atoms with E-state index in [1.807, 2.05) is 29.2 Å². The Hall–Kier alpha value is -2.31. The second-order valence-corrected chi connectivity index (χ2v) is 5.67. The summed E-state index contributed by atoms with van der Waals surface area (Å²) in [6, 6.07) is 6.71. The zero-order valence-corrected chi connectivity index (χ0v) is 13.9. The number of hydrogen-bond acceptors (Lipinski definition) is 4. The summed E-state index contributed by atoms with van der Waals surface area (Å²) in [4.78, 5) is 18.1. The van der Waals surface area contributed by atoms with E-state index >= 15 is 0 Å². The summed E-state index contributed by atoms with van der Waals surface area (Å²) in [7, 11) is 1.47. The first-order valence-electron chi connectivity index (χ1n) is 7.84. The van der Waals surface area contributed by atoms with Crippen LogP contribution < -0.4 is 4.90 Å². The van der Waals surface area contributed by atoms with E-state index in [1.54, 1.807) is 6.92 Å². The summed E-state index contributed by atoms with van der Waals surface area (Å²) in [5.41, 5.74) is 10.3. The van der Waals surface area contributed by atoms with Crippen LogP contribution in [0.4, 0.5) is 10.1 Å². The standard InChI is InChI=1S/C16H22FN5O2/c1-12(23)21-7-9-22(10-8-21)14-5-3-13(4-6-14)16(24-2)15(11-17)19-20-18/h3-6,15-16H,7-11H2,1-2H3/t15-,16-/m1/s1. The quantitative estimate of drug-likeness (QED) is 0.455. The maximum absolute atomic E-state index is 13.1. The molecule has 1 heterocycles. The van der Waals surface area contributed by atoms with Crippen molar-refractivity contribution in [3.63, 3.8) is 0 Å². The SMILES string of the molecule is CO[C@H](c1ccc(N2CCN(C(C)=O)CC2)cc1)[C@@H](CF)N=[N+]=[N-]. The van der Waals surface area contributed by atoms with Gasteiger partial charge >= 0.3 is 0 Å². The van der Waals surface area contributed by atoms with Crippen molar-refractivity contribution in [3.8, 4) is 0 Å². The molecule has 0 saturated carbocycles. The zero-order valence-electron chi connectivity index (χ0n) is 13.9. The molecule has 130 valence electrons. The fourth-order valence-electron chi connectivity index (χ4n) is 2.91. The number of halogens is 1. The molecule has 1 aliphatic heterocycles. The predicted octanol–water partition coefficient (Wildman–Crippen LogP) is 2.69. The van der Waals surface area contributed by atoms with E-state index in [1.165, 1.54) is 7.11 Å². The molecule has 0 unspecified atom stereocenters. The molecule has 0 spiro atoms. The summed E-state index contributed by atoms with van der Waals surface area (Å²) in [6.07, 6.45) is -0.616. The van der Waals surface area contributed by atoms with E-state index in [4.69, 9.17) is 10.3 Å². The van der Waals surface area contributed by atoms with Crippen molar-refractivity contribution in [1.82, 2.24) is 4.90 Å². The van der Waals surface area contributed by atoms with Gasteiger partial charge in [-0.15, -0.1) is 0 Å². The third-order valence-electron chi connectivity index (χ3n) is 4.27. The van der Waals surface area contributed by atoms with Gasteiger partial charge in [0.2, 0.25) is 5.91 Å². The number of benzene rings is 1. The van der Waals surface area contributed by atoms with E-state index in [0.29, 0.717) is 13.1 Å². The van der Waals surface area contributed by atoms with Crippen LogP contribution in [0.15, 0.2) is 29.4 Å². The first-order valence-corrected chi connectivity index (χ1v) is 7.84. The molecular formula is C16H22FN5O2. The Kier molecular flexibility index (Phi) is 6.40. The molecule has 0 bridgehead atoms. The Morgan fingerprint density at radius 1 is 1.33 bits per heavy atom. The lowest BCUT2D eigenvalue weighted by Gasteiger charge is -2.35. The maximum atomic E-state index is 13.1. The van der Waals surface area contributed by atoms with Gasteiger partial charge in [0.25, 0.3) is 0 Å². The normalized spacial score (nSPS) is 17.1. The van der Waals surface area contributed by atoms with Crippen molar-refractivity contribution in [1.29, 1.82) is 0 Å². The van der Waals surface area contributed by atoms with Gasteiger partial charge in [0.1, 0.15) is 6.67 Å². The van der Waals surface area contributed by atoms with Crippen LogP contribution in [0.3, 0.4) is 0 Å². The third-order valence-corrected chi connectivity index (χ3v) is 4.27. The average Bonchev–Trinajstić information content (AvgIpc) is 2.62. The zero-order chi connectivity index (χ0) is 17.5. The van der Waals surface area contributed by atoms with Crippen molar-refractivity contribution in [3.05, 3.63) is 40.3 Å². The molecule has 1 fully saturated rings. The smallest absolute Gasteiger partial charge is 0.219 e. The maximum Gasteiger partial charge on any atom is 0.219 e. The number of hydrogen-bond donors (Lipinski definition) is 0. The number of alkyl halides is 1. The van der Waals surface area contributed by atoms with Crippen molar-refractivity contribution in [2.24, 2.45) is 5.11 Å². The van der Waals surface area contributed by atoms with Gasteiger partial charge < -0.3 is 14.5 Å². The van der Waals surface area contributed by atoms with E-state index in [9.17, 15) is 9.18 Å². The molecule has 8 heteroatoms. The Balaban J connectivity index is 2.07. The van der Waals surface area contributed by atoms with Crippen LogP contribution in [-0.4, -0.2) is 56.8 Å². The van der Waals surface area contributed by atoms with Gasteiger partial charge in [0.15, 0.2) is 0 Å². The molecule has 0 aromatic heterocycles. The first kappa shape index (κ1) is 18.0. The van der Waals surface area contributed by atoms with Gasteiger partial charge in [-0.25, -0.2) is 0 Å². The lowest BCUT2D eigenvalue weighted by Crippen LogP contribution is -2.48. The van der Waals surface area contributed by atoms with Crippen molar-refractivity contribution in [2.75, 3.05) is 44.9 Å². The summed E-state index contributed by atoms with van der Waals surface area (Å²) >= 11 is 0. The Morgan fingerprint density at radius 3 is 2.42 bits per heavy atom. The molecule has 1 aliphatic rings. The number of piperazine rings is 1. The lowest BCUT2D eigenvalue weighted by molar-refractivity contribution is -0.129. The van der Waals surface area contributed by atoms with Gasteiger partial charge in [-0.2, -0.15) is 0 Å². The van der Waals surface area contributed by atoms with E-state index in [-0.39, 0.29) is 5.91 Å². The van der Waals surface area contributed by atoms with Gasteiger partial charge in [0.05, 0.1) is 12.1 Å². The number of nitrogens with zero attached hydrogens (tertiary/aromatic N) is 5. The molecule has 1 saturated heterocycles. The fraction of sp³-hybridized carbons (Fsp3) is 0.562. The Bertz CT molecular complexity index is 595. The monoisotopic (exact) mass is 335 g/mol. The van der Waals surface area contributed by atoms with Gasteiger partial charge in [0, 0.05) is 50.8 Å². The molecule has 1 aromatic carbocycles. The number of carbonyl (C=O) groups excluding carboxylic acids is 1. The van der Waals surface area contributed by atoms with Crippen LogP contribution in [0.25, 0.3) is 10.4 Å². The molecule has 0 radical (unpaired) electrons. The van der Waals surface area contributed by atoms with Crippen LogP contribution in [-0.2, 0) is 9.53 Å². The molecule has 0 aliphatic carbocycles. The number of methoxy groups -OCH3 is 1. The number of anilines is 1. The lowest BCUT2D eigenvalue weighted by atomic mass is 10.0. The second-order valence-electron chi connectivity index (χ2n) is 5.67. The highest BCUT2D eigenvalue weighted by molar-refractivity contribution is 5.73. The van der Waals surface area contributed by atoms with Crippen LogP contribution in [0.2, 0.25) is 0 Å². The molecule has 0 N–H and O–H groups in total. The number of azide groups is 1. The minimum atomic E-state index is -0.884. The van der Waals surface area contributed by atoms with Crippen LogP contribution >= 0.6 is 0 Å². The van der Waals surface area contributed by atoms with Gasteiger partial charge in [-0.05, 0) is 23.2 Å². The highest BCUT2D eigenvalue weighted by Crippen LogP contribution is 2.26. The van der Waals surface area contributed by atoms with Gasteiger partial charge in [-0.3, -0.25) is 9.18 Å². The van der Waals surface area contributed by atoms with Gasteiger partial charge in [-0.1, -0.05) is 17.2 Å². The van der Waals surface area contributed by atoms with Crippen LogP contribution in [0.5, 0.6) is 0 Å². The van der Waals surface area contributed by atoms with Crippen molar-refractivity contribution in [2.45, 2.75) is 19.1 Å². The molecule has 1 aromatic rings. The Labute approximate surface area is 140 Å². The van der Waals surface area contributed by atoms with E-state index < -0.39 is 18.8 Å². The van der Waals surface area contributed by atoms with E-state index in [0.717, 1.165) is 24.3 Å². The highest BCUT2D eigenvalue weighted by Gasteiger charge is 2.23. The van der Waals surface area contributed by atoms with Crippen LogP contribution in [0.1, 0.15) is 18.6 Å². The summed E-state index contributed by atoms with van der Waals surface area (Å²) in [5.74, 6) is 0.100. The highest BCUT2D eigenvalue weighted by atomic mass is 19.1. The topological polar surface area (TPSA) is 81.5 Å². The van der Waals surface area contributed by atoms with Crippen LogP contribution in [0, 0.1) is 0 Å². The molecule has 2 atom stereocenters. The number of amides is 1. The number of rotatable bonds is 6. The van der Waals surface area contributed by atoms with Crippen molar-refractivity contribution < 1.29 is 13.9 Å². The largest absolute Gasteiger partial charge is 0.376 e. The number of ether oxygens (including phenoxy) is 1. The number of carbonyl (C=O) groups is 1. The Morgan fingerprint density at radius 2 is 1.96 bits per heavy atom.